The van der Waals surface area contributed by atoms with Crippen LogP contribution >= 0.6 is 0 Å². The minimum Gasteiger partial charge on any atom is -0.479 e. The molecule has 1 atom stereocenters. The summed E-state index contributed by atoms with van der Waals surface area (Å²) in [6, 6.07) is 14.1. The predicted molar refractivity (Wildman–Crippen MR) is 82.5 cm³/mol. The maximum Gasteiger partial charge on any atom is 0.347 e. The van der Waals surface area contributed by atoms with E-state index in [1.807, 2.05) is 6.07 Å². The van der Waals surface area contributed by atoms with Crippen LogP contribution in [0, 0.1) is 5.82 Å². The summed E-state index contributed by atoms with van der Waals surface area (Å²) in [5, 5.41) is 2.49. The summed E-state index contributed by atoms with van der Waals surface area (Å²) in [5.41, 5.74) is 0.418. The largest absolute Gasteiger partial charge is 0.479 e. The van der Waals surface area contributed by atoms with Gasteiger partial charge in [-0.05, 0) is 43.3 Å². The highest BCUT2D eigenvalue weighted by molar-refractivity contribution is 5.93. The number of carbonyl (C=O) groups is 2. The molecule has 6 heteroatoms. The number of rotatable bonds is 6. The zero-order chi connectivity index (χ0) is 16.7. The fourth-order valence-corrected chi connectivity index (χ4v) is 1.74. The predicted octanol–water partition coefficient (Wildman–Crippen LogP) is 2.77. The standard InChI is InChI=1S/C17H16FNO4/c1-12(23-15-5-3-2-4-6-15)17(21)22-11-16(20)19-14-9-7-13(18)8-10-14/h2-10,12H,11H2,1H3,(H,19,20)/t12-/m1/s1. The Morgan fingerprint density at radius 1 is 1.09 bits per heavy atom. The van der Waals surface area contributed by atoms with Gasteiger partial charge in [-0.2, -0.15) is 0 Å². The van der Waals surface area contributed by atoms with E-state index < -0.39 is 30.4 Å². The third-order valence-corrected chi connectivity index (χ3v) is 2.86. The van der Waals surface area contributed by atoms with Crippen molar-refractivity contribution >= 4 is 17.6 Å². The molecular formula is C17H16FNO4. The van der Waals surface area contributed by atoms with Crippen molar-refractivity contribution in [2.24, 2.45) is 0 Å². The molecule has 2 aromatic carbocycles. The number of halogens is 1. The monoisotopic (exact) mass is 317 g/mol. The van der Waals surface area contributed by atoms with E-state index in [1.165, 1.54) is 31.2 Å². The van der Waals surface area contributed by atoms with Gasteiger partial charge in [0, 0.05) is 5.69 Å². The fraction of sp³-hybridized carbons (Fsp3) is 0.176. The maximum atomic E-state index is 12.7. The summed E-state index contributed by atoms with van der Waals surface area (Å²) in [6.07, 6.45) is -0.837. The first kappa shape index (κ1) is 16.5. The number of nitrogens with one attached hydrogen (secondary N) is 1. The number of hydrogen-bond donors (Lipinski definition) is 1. The van der Waals surface area contributed by atoms with Crippen molar-refractivity contribution in [1.82, 2.24) is 0 Å². The van der Waals surface area contributed by atoms with Crippen LogP contribution in [0.1, 0.15) is 6.92 Å². The van der Waals surface area contributed by atoms with Gasteiger partial charge in [-0.3, -0.25) is 4.79 Å². The smallest absolute Gasteiger partial charge is 0.347 e. The number of hydrogen-bond acceptors (Lipinski definition) is 4. The van der Waals surface area contributed by atoms with Crippen LogP contribution in [0.5, 0.6) is 5.75 Å². The van der Waals surface area contributed by atoms with Gasteiger partial charge in [0.2, 0.25) is 0 Å². The molecule has 1 N–H and O–H groups in total. The third kappa shape index (κ3) is 5.43. The molecule has 0 saturated carbocycles. The van der Waals surface area contributed by atoms with Crippen molar-refractivity contribution < 1.29 is 23.5 Å². The Morgan fingerprint density at radius 2 is 1.74 bits per heavy atom. The molecule has 0 saturated heterocycles. The first-order valence-corrected chi connectivity index (χ1v) is 6.98. The Labute approximate surface area is 133 Å². The number of anilines is 1. The average molecular weight is 317 g/mol. The molecule has 5 nitrogen and oxygen atoms in total. The second kappa shape index (κ2) is 7.93. The lowest BCUT2D eigenvalue weighted by Crippen LogP contribution is -2.29. The number of benzene rings is 2. The summed E-state index contributed by atoms with van der Waals surface area (Å²) in [5.74, 6) is -1.03. The zero-order valence-electron chi connectivity index (χ0n) is 12.5. The molecule has 0 radical (unpaired) electrons. The Bertz CT molecular complexity index is 658. The molecule has 2 rings (SSSR count). The first-order valence-electron chi connectivity index (χ1n) is 6.98. The molecule has 0 aliphatic heterocycles. The molecule has 2 aromatic rings. The van der Waals surface area contributed by atoms with Gasteiger partial charge >= 0.3 is 5.97 Å². The van der Waals surface area contributed by atoms with Crippen LogP contribution in [0.2, 0.25) is 0 Å². The van der Waals surface area contributed by atoms with E-state index in [1.54, 1.807) is 24.3 Å². The van der Waals surface area contributed by atoms with Crippen LogP contribution in [-0.2, 0) is 14.3 Å². The Morgan fingerprint density at radius 3 is 2.39 bits per heavy atom. The fourth-order valence-electron chi connectivity index (χ4n) is 1.74. The SMILES string of the molecule is C[C@@H](Oc1ccccc1)C(=O)OCC(=O)Nc1ccc(F)cc1. The van der Waals surface area contributed by atoms with Gasteiger partial charge in [0.25, 0.3) is 5.91 Å². The summed E-state index contributed by atoms with van der Waals surface area (Å²) in [6.45, 7) is 1.09. The lowest BCUT2D eigenvalue weighted by atomic mass is 10.3. The number of amides is 1. The molecule has 1 amide bonds. The summed E-state index contributed by atoms with van der Waals surface area (Å²) in [4.78, 5) is 23.4. The van der Waals surface area contributed by atoms with Gasteiger partial charge in [-0.25, -0.2) is 9.18 Å². The van der Waals surface area contributed by atoms with Gasteiger partial charge in [-0.15, -0.1) is 0 Å². The summed E-state index contributed by atoms with van der Waals surface area (Å²) in [7, 11) is 0. The van der Waals surface area contributed by atoms with Crippen LogP contribution in [-0.4, -0.2) is 24.6 Å². The van der Waals surface area contributed by atoms with Crippen LogP contribution < -0.4 is 10.1 Å². The number of carbonyl (C=O) groups excluding carboxylic acids is 2. The number of para-hydroxylation sites is 1. The molecular weight excluding hydrogens is 301 g/mol. The molecule has 0 bridgehead atoms. The lowest BCUT2D eigenvalue weighted by molar-refractivity contribution is -0.153. The molecule has 0 heterocycles. The van der Waals surface area contributed by atoms with Crippen molar-refractivity contribution in [2.75, 3.05) is 11.9 Å². The molecule has 0 aliphatic carbocycles. The quantitative estimate of drug-likeness (QED) is 0.832. The van der Waals surface area contributed by atoms with E-state index >= 15 is 0 Å². The van der Waals surface area contributed by atoms with E-state index in [9.17, 15) is 14.0 Å². The van der Waals surface area contributed by atoms with Crippen LogP contribution in [0.3, 0.4) is 0 Å². The van der Waals surface area contributed by atoms with E-state index in [-0.39, 0.29) is 0 Å². The van der Waals surface area contributed by atoms with Crippen LogP contribution in [0.4, 0.5) is 10.1 Å². The molecule has 120 valence electrons. The van der Waals surface area contributed by atoms with Gasteiger partial charge in [0.1, 0.15) is 11.6 Å². The zero-order valence-corrected chi connectivity index (χ0v) is 12.5. The lowest BCUT2D eigenvalue weighted by Gasteiger charge is -2.13. The van der Waals surface area contributed by atoms with Crippen molar-refractivity contribution in [3.8, 4) is 5.75 Å². The van der Waals surface area contributed by atoms with Crippen LogP contribution in [0.25, 0.3) is 0 Å². The Hall–Kier alpha value is -2.89. The molecule has 23 heavy (non-hydrogen) atoms. The first-order chi connectivity index (χ1) is 11.0. The van der Waals surface area contributed by atoms with Crippen molar-refractivity contribution in [2.45, 2.75) is 13.0 Å². The molecule has 0 aromatic heterocycles. The summed E-state index contributed by atoms with van der Waals surface area (Å²) < 4.78 is 23.0. The molecule has 0 fully saturated rings. The van der Waals surface area contributed by atoms with E-state index in [2.05, 4.69) is 5.32 Å². The maximum absolute atomic E-state index is 12.7. The molecule has 0 aliphatic rings. The van der Waals surface area contributed by atoms with E-state index in [4.69, 9.17) is 9.47 Å². The third-order valence-electron chi connectivity index (χ3n) is 2.86. The van der Waals surface area contributed by atoms with Crippen molar-refractivity contribution in [3.05, 3.63) is 60.4 Å². The molecule has 0 unspecified atom stereocenters. The normalized spacial score (nSPS) is 11.4. The van der Waals surface area contributed by atoms with Gasteiger partial charge in [0.05, 0.1) is 0 Å². The average Bonchev–Trinajstić information content (AvgIpc) is 2.55. The minimum absolute atomic E-state index is 0.402. The highest BCUT2D eigenvalue weighted by Crippen LogP contribution is 2.11. The van der Waals surface area contributed by atoms with Gasteiger partial charge < -0.3 is 14.8 Å². The van der Waals surface area contributed by atoms with Crippen molar-refractivity contribution in [1.29, 1.82) is 0 Å². The second-order valence-electron chi connectivity index (χ2n) is 4.74. The van der Waals surface area contributed by atoms with Crippen LogP contribution in [0.15, 0.2) is 54.6 Å². The second-order valence-corrected chi connectivity index (χ2v) is 4.74. The minimum atomic E-state index is -0.837. The Balaban J connectivity index is 1.76. The van der Waals surface area contributed by atoms with E-state index in [0.717, 1.165) is 0 Å². The van der Waals surface area contributed by atoms with Crippen molar-refractivity contribution in [3.63, 3.8) is 0 Å². The Kier molecular flexibility index (Phi) is 5.68. The van der Waals surface area contributed by atoms with Gasteiger partial charge in [-0.1, -0.05) is 18.2 Å². The van der Waals surface area contributed by atoms with E-state index in [0.29, 0.717) is 11.4 Å². The highest BCUT2D eigenvalue weighted by atomic mass is 19.1. The highest BCUT2D eigenvalue weighted by Gasteiger charge is 2.17. The number of esters is 1. The van der Waals surface area contributed by atoms with Gasteiger partial charge in [0.15, 0.2) is 12.7 Å². The topological polar surface area (TPSA) is 64.6 Å². The molecule has 0 spiro atoms. The number of ether oxygens (including phenoxy) is 2. The summed E-state index contributed by atoms with van der Waals surface area (Å²) >= 11 is 0.